The van der Waals surface area contributed by atoms with Gasteiger partial charge >= 0.3 is 0 Å². The summed E-state index contributed by atoms with van der Waals surface area (Å²) in [5.74, 6) is -0.293. The zero-order chi connectivity index (χ0) is 11.8. The molecule has 0 radical (unpaired) electrons. The summed E-state index contributed by atoms with van der Waals surface area (Å²) in [7, 11) is -3.43. The molecular weight excluding hydrogens is 231 g/mol. The molecule has 0 N–H and O–H groups in total. The number of rotatable bonds is 2. The predicted molar refractivity (Wildman–Crippen MR) is 58.1 cm³/mol. The van der Waals surface area contributed by atoms with Gasteiger partial charge in [-0.05, 0) is 36.1 Å². The highest BCUT2D eigenvalue weighted by Crippen LogP contribution is 2.24. The molecule has 2 rings (SSSR count). The van der Waals surface area contributed by atoms with Crippen LogP contribution in [0.15, 0.2) is 18.2 Å². The van der Waals surface area contributed by atoms with Crippen molar-refractivity contribution < 1.29 is 17.0 Å². The summed E-state index contributed by atoms with van der Waals surface area (Å²) < 4.78 is 39.9. The van der Waals surface area contributed by atoms with Crippen LogP contribution in [0.25, 0.3) is 0 Å². The van der Waals surface area contributed by atoms with E-state index in [4.69, 9.17) is 4.18 Å². The van der Waals surface area contributed by atoms with Gasteiger partial charge in [0.1, 0.15) is 5.82 Å². The third-order valence-corrected chi connectivity index (χ3v) is 3.28. The van der Waals surface area contributed by atoms with Crippen LogP contribution in [0.2, 0.25) is 0 Å². The van der Waals surface area contributed by atoms with Crippen LogP contribution in [0.3, 0.4) is 0 Å². The molecule has 1 aliphatic carbocycles. The second-order valence-electron chi connectivity index (χ2n) is 4.08. The third-order valence-electron chi connectivity index (χ3n) is 2.66. The minimum atomic E-state index is -3.43. The molecule has 1 aromatic carbocycles. The van der Waals surface area contributed by atoms with Crippen molar-refractivity contribution in [1.82, 2.24) is 0 Å². The maximum Gasteiger partial charge on any atom is 0.264 e. The smallest absolute Gasteiger partial charge is 0.264 e. The van der Waals surface area contributed by atoms with E-state index in [1.165, 1.54) is 12.1 Å². The lowest BCUT2D eigenvalue weighted by molar-refractivity contribution is 0.194. The second-order valence-corrected chi connectivity index (χ2v) is 5.68. The lowest BCUT2D eigenvalue weighted by Crippen LogP contribution is -2.25. The molecule has 1 unspecified atom stereocenters. The van der Waals surface area contributed by atoms with E-state index >= 15 is 0 Å². The summed E-state index contributed by atoms with van der Waals surface area (Å²) in [5, 5.41) is 0. The summed E-state index contributed by atoms with van der Waals surface area (Å²) in [6.07, 6.45) is 2.53. The van der Waals surface area contributed by atoms with E-state index in [9.17, 15) is 12.8 Å². The second kappa shape index (κ2) is 4.14. The van der Waals surface area contributed by atoms with Crippen molar-refractivity contribution in [2.45, 2.75) is 25.4 Å². The maximum atomic E-state index is 13.0. The maximum absolute atomic E-state index is 13.0. The molecule has 5 heteroatoms. The Morgan fingerprint density at radius 1 is 1.38 bits per heavy atom. The van der Waals surface area contributed by atoms with Crippen LogP contribution in [0.1, 0.15) is 17.5 Å². The highest BCUT2D eigenvalue weighted by atomic mass is 32.2. The molecule has 1 atom stereocenters. The predicted octanol–water partition coefficient (Wildman–Crippen LogP) is 1.66. The van der Waals surface area contributed by atoms with Crippen molar-refractivity contribution in [3.63, 3.8) is 0 Å². The molecule has 0 saturated carbocycles. The standard InChI is InChI=1S/C11H13FO3S/c1-16(13,14)15-11-5-3-8-2-4-10(12)6-9(8)7-11/h2,4,6,11H,3,5,7H2,1H3. The van der Waals surface area contributed by atoms with Crippen LogP contribution < -0.4 is 0 Å². The molecule has 0 amide bonds. The zero-order valence-corrected chi connectivity index (χ0v) is 9.76. The largest absolute Gasteiger partial charge is 0.267 e. The molecule has 16 heavy (non-hydrogen) atoms. The Hall–Kier alpha value is -0.940. The molecule has 0 aromatic heterocycles. The van der Waals surface area contributed by atoms with Crippen molar-refractivity contribution >= 4 is 10.1 Å². The SMILES string of the molecule is CS(=O)(=O)OC1CCc2ccc(F)cc2C1. The van der Waals surface area contributed by atoms with E-state index < -0.39 is 10.1 Å². The van der Waals surface area contributed by atoms with Crippen molar-refractivity contribution in [3.05, 3.63) is 35.1 Å². The van der Waals surface area contributed by atoms with Gasteiger partial charge in [-0.15, -0.1) is 0 Å². The number of hydrogen-bond acceptors (Lipinski definition) is 3. The Kier molecular flexibility index (Phi) is 2.99. The molecule has 1 aliphatic rings. The first-order chi connectivity index (χ1) is 7.44. The van der Waals surface area contributed by atoms with E-state index in [2.05, 4.69) is 0 Å². The summed E-state index contributed by atoms with van der Waals surface area (Å²) in [4.78, 5) is 0. The number of hydrogen-bond donors (Lipinski definition) is 0. The molecule has 0 spiro atoms. The van der Waals surface area contributed by atoms with Crippen molar-refractivity contribution in [1.29, 1.82) is 0 Å². The van der Waals surface area contributed by atoms with Gasteiger partial charge in [0.2, 0.25) is 0 Å². The molecule has 0 aliphatic heterocycles. The van der Waals surface area contributed by atoms with Gasteiger partial charge in [0.25, 0.3) is 10.1 Å². The lowest BCUT2D eigenvalue weighted by Gasteiger charge is -2.23. The molecule has 88 valence electrons. The molecule has 0 bridgehead atoms. The Balaban J connectivity index is 2.17. The summed E-state index contributed by atoms with van der Waals surface area (Å²) in [6.45, 7) is 0. The number of aryl methyl sites for hydroxylation is 1. The van der Waals surface area contributed by atoms with Crippen LogP contribution in [-0.2, 0) is 27.1 Å². The Bertz CT molecular complexity index is 496. The van der Waals surface area contributed by atoms with E-state index in [-0.39, 0.29) is 11.9 Å². The van der Waals surface area contributed by atoms with Gasteiger partial charge in [-0.25, -0.2) is 4.39 Å². The van der Waals surface area contributed by atoms with Gasteiger partial charge in [0, 0.05) is 6.42 Å². The Morgan fingerprint density at radius 3 is 2.81 bits per heavy atom. The van der Waals surface area contributed by atoms with E-state index in [0.717, 1.165) is 23.8 Å². The van der Waals surface area contributed by atoms with Gasteiger partial charge in [0.15, 0.2) is 0 Å². The summed E-state index contributed by atoms with van der Waals surface area (Å²) in [5.41, 5.74) is 1.93. The molecular formula is C11H13FO3S. The Labute approximate surface area is 94.4 Å². The fourth-order valence-corrected chi connectivity index (χ4v) is 2.68. The fourth-order valence-electron chi connectivity index (χ4n) is 2.02. The molecule has 3 nitrogen and oxygen atoms in total. The van der Waals surface area contributed by atoms with Crippen molar-refractivity contribution in [2.24, 2.45) is 0 Å². The topological polar surface area (TPSA) is 43.4 Å². The van der Waals surface area contributed by atoms with Gasteiger partial charge in [-0.3, -0.25) is 4.18 Å². The van der Waals surface area contributed by atoms with Crippen molar-refractivity contribution in [2.75, 3.05) is 6.26 Å². The van der Waals surface area contributed by atoms with E-state index in [1.807, 2.05) is 0 Å². The number of fused-ring (bicyclic) bond motifs is 1. The number of halogens is 1. The Morgan fingerprint density at radius 2 is 2.12 bits per heavy atom. The first-order valence-electron chi connectivity index (χ1n) is 5.09. The van der Waals surface area contributed by atoms with E-state index in [0.29, 0.717) is 12.8 Å². The van der Waals surface area contributed by atoms with Gasteiger partial charge < -0.3 is 0 Å². The molecule has 0 saturated heterocycles. The van der Waals surface area contributed by atoms with Gasteiger partial charge in [0.05, 0.1) is 12.4 Å². The van der Waals surface area contributed by atoms with Gasteiger partial charge in [-0.2, -0.15) is 8.42 Å². The average Bonchev–Trinajstić information content (AvgIpc) is 2.14. The normalized spacial score (nSPS) is 20.5. The highest BCUT2D eigenvalue weighted by Gasteiger charge is 2.22. The average molecular weight is 244 g/mol. The molecule has 0 heterocycles. The van der Waals surface area contributed by atoms with Crippen molar-refractivity contribution in [3.8, 4) is 0 Å². The number of benzene rings is 1. The third kappa shape index (κ3) is 2.80. The zero-order valence-electron chi connectivity index (χ0n) is 8.94. The summed E-state index contributed by atoms with van der Waals surface area (Å²) >= 11 is 0. The van der Waals surface area contributed by atoms with Crippen LogP contribution in [0.5, 0.6) is 0 Å². The first kappa shape index (κ1) is 11.5. The van der Waals surface area contributed by atoms with Gasteiger partial charge in [-0.1, -0.05) is 6.07 Å². The van der Waals surface area contributed by atoms with Crippen LogP contribution in [0.4, 0.5) is 4.39 Å². The minimum absolute atomic E-state index is 0.293. The van der Waals surface area contributed by atoms with Crippen LogP contribution >= 0.6 is 0 Å². The molecule has 1 aromatic rings. The molecule has 0 fully saturated rings. The van der Waals surface area contributed by atoms with Crippen LogP contribution in [0, 0.1) is 5.82 Å². The summed E-state index contributed by atoms with van der Waals surface area (Å²) in [6, 6.07) is 4.63. The first-order valence-corrected chi connectivity index (χ1v) is 6.91. The monoisotopic (exact) mass is 244 g/mol. The van der Waals surface area contributed by atoms with E-state index in [1.54, 1.807) is 6.07 Å². The lowest BCUT2D eigenvalue weighted by atomic mass is 9.90. The quantitative estimate of drug-likeness (QED) is 0.743. The minimum Gasteiger partial charge on any atom is -0.267 e. The van der Waals surface area contributed by atoms with Crippen LogP contribution in [-0.4, -0.2) is 20.8 Å². The fraction of sp³-hybridized carbons (Fsp3) is 0.455. The highest BCUT2D eigenvalue weighted by molar-refractivity contribution is 7.86.